The van der Waals surface area contributed by atoms with Crippen LogP contribution in [0.25, 0.3) is 0 Å². The predicted molar refractivity (Wildman–Crippen MR) is 84.1 cm³/mol. The maximum absolute atomic E-state index is 11.8. The van der Waals surface area contributed by atoms with Crippen molar-refractivity contribution in [3.8, 4) is 0 Å². The zero-order valence-corrected chi connectivity index (χ0v) is 13.8. The molecule has 0 saturated heterocycles. The molecule has 0 unspecified atom stereocenters. The van der Waals surface area contributed by atoms with Gasteiger partial charge < -0.3 is 15.4 Å². The number of unbranched alkanes of at least 4 members (excludes halogenated alkanes) is 2. The lowest BCUT2D eigenvalue weighted by Crippen LogP contribution is -2.49. The molecule has 20 heavy (non-hydrogen) atoms. The molecule has 2 N–H and O–H groups in total. The molecule has 0 fully saturated rings. The maximum atomic E-state index is 11.8. The summed E-state index contributed by atoms with van der Waals surface area (Å²) < 4.78 is 4.70. The molecule has 0 spiro atoms. The molecule has 5 nitrogen and oxygen atoms in total. The predicted octanol–water partition coefficient (Wildman–Crippen LogP) is 2.55. The third-order valence-electron chi connectivity index (χ3n) is 3.02. The van der Waals surface area contributed by atoms with Crippen LogP contribution in [0.15, 0.2) is 0 Å². The average molecular weight is 304 g/mol. The molecule has 6 heteroatoms. The smallest absolute Gasteiger partial charge is 0.328 e. The van der Waals surface area contributed by atoms with E-state index in [1.165, 1.54) is 13.5 Å². The summed E-state index contributed by atoms with van der Waals surface area (Å²) in [6, 6.07) is -0.763. The van der Waals surface area contributed by atoms with E-state index in [0.717, 1.165) is 25.0 Å². The molecule has 0 bridgehead atoms. The first-order chi connectivity index (χ1) is 9.54. The lowest BCUT2D eigenvalue weighted by atomic mass is 10.1. The third-order valence-corrected chi connectivity index (χ3v) is 3.66. The number of rotatable bonds is 10. The summed E-state index contributed by atoms with van der Waals surface area (Å²) >= 11 is 1.63. The molecule has 0 aromatic heterocycles. The molecule has 0 aliphatic rings. The molecule has 0 aromatic carbocycles. The quantitative estimate of drug-likeness (QED) is 0.481. The number of amides is 2. The number of methoxy groups -OCH3 is 1. The van der Waals surface area contributed by atoms with E-state index in [1.54, 1.807) is 11.8 Å². The summed E-state index contributed by atoms with van der Waals surface area (Å²) in [6.45, 7) is 4.13. The van der Waals surface area contributed by atoms with Gasteiger partial charge in [0.2, 0.25) is 0 Å². The van der Waals surface area contributed by atoms with E-state index in [9.17, 15) is 9.59 Å². The normalized spacial score (nSPS) is 13.4. The van der Waals surface area contributed by atoms with Gasteiger partial charge in [0.1, 0.15) is 6.04 Å². The fraction of sp³-hybridized carbons (Fsp3) is 0.857. The zero-order chi connectivity index (χ0) is 15.4. The number of ether oxygens (including phenoxy) is 1. The molecule has 118 valence electrons. The second kappa shape index (κ2) is 11.9. The Morgan fingerprint density at radius 3 is 2.45 bits per heavy atom. The summed E-state index contributed by atoms with van der Waals surface area (Å²) in [5.41, 5.74) is 0. The van der Waals surface area contributed by atoms with Crippen molar-refractivity contribution in [2.75, 3.05) is 19.1 Å². The molecule has 0 rings (SSSR count). The summed E-state index contributed by atoms with van der Waals surface area (Å²) in [5, 5.41) is 5.55. The lowest BCUT2D eigenvalue weighted by Gasteiger charge is -2.19. The Balaban J connectivity index is 4.13. The number of carbonyl (C=O) groups excluding carboxylic acids is 2. The van der Waals surface area contributed by atoms with Gasteiger partial charge in [0, 0.05) is 6.04 Å². The number of carbonyl (C=O) groups is 2. The minimum Gasteiger partial charge on any atom is -0.467 e. The number of esters is 1. The van der Waals surface area contributed by atoms with Crippen LogP contribution >= 0.6 is 11.8 Å². The minimum atomic E-state index is -0.574. The second-order valence-corrected chi connectivity index (χ2v) is 5.86. The van der Waals surface area contributed by atoms with Gasteiger partial charge in [-0.1, -0.05) is 26.2 Å². The van der Waals surface area contributed by atoms with Crippen LogP contribution in [0.5, 0.6) is 0 Å². The Morgan fingerprint density at radius 1 is 1.20 bits per heavy atom. The Morgan fingerprint density at radius 2 is 1.90 bits per heavy atom. The SMILES string of the molecule is CCCCC[C@H](C)NC(=O)N[C@@H](CCSC)C(=O)OC. The van der Waals surface area contributed by atoms with Crippen molar-refractivity contribution in [1.82, 2.24) is 10.6 Å². The summed E-state index contributed by atoms with van der Waals surface area (Å²) in [4.78, 5) is 23.4. The van der Waals surface area contributed by atoms with E-state index in [-0.39, 0.29) is 12.1 Å². The van der Waals surface area contributed by atoms with Crippen molar-refractivity contribution in [2.24, 2.45) is 0 Å². The molecular formula is C14H28N2O3S. The monoisotopic (exact) mass is 304 g/mol. The van der Waals surface area contributed by atoms with Gasteiger partial charge in [-0.25, -0.2) is 9.59 Å². The molecule has 0 saturated carbocycles. The van der Waals surface area contributed by atoms with Crippen molar-refractivity contribution < 1.29 is 14.3 Å². The largest absolute Gasteiger partial charge is 0.467 e. The first-order valence-corrected chi connectivity index (χ1v) is 8.58. The van der Waals surface area contributed by atoms with Crippen LogP contribution in [0.2, 0.25) is 0 Å². The highest BCUT2D eigenvalue weighted by Gasteiger charge is 2.21. The Kier molecular flexibility index (Phi) is 11.3. The third kappa shape index (κ3) is 9.07. The van der Waals surface area contributed by atoms with Crippen LogP contribution in [0.4, 0.5) is 4.79 Å². The topological polar surface area (TPSA) is 67.4 Å². The zero-order valence-electron chi connectivity index (χ0n) is 13.0. The van der Waals surface area contributed by atoms with Crippen LogP contribution in [-0.2, 0) is 9.53 Å². The average Bonchev–Trinajstić information content (AvgIpc) is 2.42. The van der Waals surface area contributed by atoms with Gasteiger partial charge >= 0.3 is 12.0 Å². The highest BCUT2D eigenvalue weighted by molar-refractivity contribution is 7.98. The van der Waals surface area contributed by atoms with Crippen molar-refractivity contribution in [1.29, 1.82) is 0 Å². The van der Waals surface area contributed by atoms with E-state index in [2.05, 4.69) is 17.6 Å². The molecule has 0 aliphatic carbocycles. The number of hydrogen-bond donors (Lipinski definition) is 2. The van der Waals surface area contributed by atoms with E-state index >= 15 is 0 Å². The van der Waals surface area contributed by atoms with Crippen LogP contribution < -0.4 is 10.6 Å². The number of nitrogens with one attached hydrogen (secondary N) is 2. The van der Waals surface area contributed by atoms with E-state index in [0.29, 0.717) is 6.42 Å². The maximum Gasteiger partial charge on any atom is 0.328 e. The van der Waals surface area contributed by atoms with Gasteiger partial charge in [0.15, 0.2) is 0 Å². The summed E-state index contributed by atoms with van der Waals surface area (Å²) in [5.74, 6) is 0.402. The first-order valence-electron chi connectivity index (χ1n) is 7.18. The van der Waals surface area contributed by atoms with Crippen LogP contribution in [0, 0.1) is 0 Å². The van der Waals surface area contributed by atoms with Crippen molar-refractivity contribution in [3.63, 3.8) is 0 Å². The lowest BCUT2D eigenvalue weighted by molar-refractivity contribution is -0.142. The molecular weight excluding hydrogens is 276 g/mol. The van der Waals surface area contributed by atoms with Crippen LogP contribution in [-0.4, -0.2) is 43.2 Å². The molecule has 2 amide bonds. The van der Waals surface area contributed by atoms with Crippen molar-refractivity contribution in [2.45, 2.75) is 58.0 Å². The van der Waals surface area contributed by atoms with Gasteiger partial charge in [-0.3, -0.25) is 0 Å². The van der Waals surface area contributed by atoms with Crippen LogP contribution in [0.1, 0.15) is 46.0 Å². The Bertz CT molecular complexity index is 288. The molecule has 2 atom stereocenters. The summed E-state index contributed by atoms with van der Waals surface area (Å²) in [7, 11) is 1.33. The van der Waals surface area contributed by atoms with Gasteiger partial charge in [-0.2, -0.15) is 11.8 Å². The minimum absolute atomic E-state index is 0.111. The Labute approximate surface area is 126 Å². The highest BCUT2D eigenvalue weighted by atomic mass is 32.2. The Hall–Kier alpha value is -0.910. The number of hydrogen-bond acceptors (Lipinski definition) is 4. The standard InChI is InChI=1S/C14H28N2O3S/c1-5-6-7-8-11(2)15-14(18)16-12(9-10-20-4)13(17)19-3/h11-12H,5-10H2,1-4H3,(H2,15,16,18)/t11-,12-/m0/s1. The molecule has 0 aliphatic heterocycles. The highest BCUT2D eigenvalue weighted by Crippen LogP contribution is 2.04. The van der Waals surface area contributed by atoms with E-state index in [1.807, 2.05) is 13.2 Å². The summed E-state index contributed by atoms with van der Waals surface area (Å²) in [6.07, 6.45) is 6.93. The molecule has 0 aromatic rings. The first kappa shape index (κ1) is 19.1. The van der Waals surface area contributed by atoms with Gasteiger partial charge in [-0.05, 0) is 31.8 Å². The fourth-order valence-corrected chi connectivity index (χ4v) is 2.29. The van der Waals surface area contributed by atoms with Gasteiger partial charge in [-0.15, -0.1) is 0 Å². The van der Waals surface area contributed by atoms with Gasteiger partial charge in [0.05, 0.1) is 7.11 Å². The van der Waals surface area contributed by atoms with Crippen molar-refractivity contribution in [3.05, 3.63) is 0 Å². The van der Waals surface area contributed by atoms with Crippen LogP contribution in [0.3, 0.4) is 0 Å². The van der Waals surface area contributed by atoms with E-state index < -0.39 is 12.0 Å². The fourth-order valence-electron chi connectivity index (χ4n) is 1.82. The van der Waals surface area contributed by atoms with E-state index in [4.69, 9.17) is 4.74 Å². The number of urea groups is 1. The number of thioether (sulfide) groups is 1. The second-order valence-electron chi connectivity index (χ2n) is 4.87. The molecule has 0 radical (unpaired) electrons. The van der Waals surface area contributed by atoms with Crippen molar-refractivity contribution >= 4 is 23.8 Å². The molecule has 0 heterocycles. The van der Waals surface area contributed by atoms with Gasteiger partial charge in [0.25, 0.3) is 0 Å².